The zero-order valence-electron chi connectivity index (χ0n) is 11.1. The van der Waals surface area contributed by atoms with Crippen molar-refractivity contribution in [2.45, 2.75) is 25.3 Å². The second-order valence-electron chi connectivity index (χ2n) is 5.16. The molecule has 18 heavy (non-hydrogen) atoms. The van der Waals surface area contributed by atoms with Gasteiger partial charge in [-0.25, -0.2) is 0 Å². The van der Waals surface area contributed by atoms with Crippen molar-refractivity contribution >= 4 is 10.9 Å². The van der Waals surface area contributed by atoms with Crippen molar-refractivity contribution in [3.8, 4) is 5.75 Å². The van der Waals surface area contributed by atoms with E-state index >= 15 is 0 Å². The Morgan fingerprint density at radius 2 is 2.22 bits per heavy atom. The molecule has 0 aliphatic heterocycles. The number of methoxy groups -OCH3 is 1. The summed E-state index contributed by atoms with van der Waals surface area (Å²) in [6.45, 7) is 1.13. The molecule has 1 aliphatic rings. The third-order valence-electron chi connectivity index (χ3n) is 3.89. The Hall–Kier alpha value is -1.48. The molecule has 1 fully saturated rings. The van der Waals surface area contributed by atoms with E-state index in [-0.39, 0.29) is 0 Å². The molecule has 1 heterocycles. The van der Waals surface area contributed by atoms with E-state index < -0.39 is 0 Å². The molecule has 0 saturated heterocycles. The van der Waals surface area contributed by atoms with E-state index in [9.17, 15) is 0 Å². The fourth-order valence-electron chi connectivity index (χ4n) is 2.56. The van der Waals surface area contributed by atoms with Crippen LogP contribution in [0, 0.1) is 0 Å². The number of rotatable bonds is 5. The molecule has 1 aromatic carbocycles. The van der Waals surface area contributed by atoms with Crippen molar-refractivity contribution in [1.82, 2.24) is 9.88 Å². The molecule has 1 aliphatic carbocycles. The maximum absolute atomic E-state index is 5.37. The molecule has 0 spiro atoms. The Morgan fingerprint density at radius 3 is 2.94 bits per heavy atom. The Kier molecular flexibility index (Phi) is 3.00. The van der Waals surface area contributed by atoms with Crippen LogP contribution < -0.4 is 4.74 Å². The van der Waals surface area contributed by atoms with Gasteiger partial charge in [-0.3, -0.25) is 0 Å². The van der Waals surface area contributed by atoms with Crippen molar-refractivity contribution in [1.29, 1.82) is 0 Å². The lowest BCUT2D eigenvalue weighted by Crippen LogP contribution is -2.23. The molecule has 2 aromatic rings. The normalized spacial score (nSPS) is 15.5. The van der Waals surface area contributed by atoms with Crippen LogP contribution in [0.25, 0.3) is 10.9 Å². The highest BCUT2D eigenvalue weighted by Gasteiger charge is 2.25. The first-order chi connectivity index (χ1) is 8.79. The predicted octanol–water partition coefficient (Wildman–Crippen LogP) is 2.81. The number of benzene rings is 1. The number of aromatic amines is 1. The lowest BCUT2D eigenvalue weighted by Gasteiger charge is -2.14. The molecule has 0 atom stereocenters. The minimum absolute atomic E-state index is 0.838. The molecule has 3 heteroatoms. The number of ether oxygens (including phenoxy) is 1. The molecule has 1 saturated carbocycles. The van der Waals surface area contributed by atoms with Crippen LogP contribution in [0.15, 0.2) is 24.4 Å². The van der Waals surface area contributed by atoms with Gasteiger partial charge >= 0.3 is 0 Å². The molecule has 3 nitrogen and oxygen atoms in total. The van der Waals surface area contributed by atoms with Gasteiger partial charge in [-0.05, 0) is 37.9 Å². The second kappa shape index (κ2) is 4.65. The summed E-state index contributed by atoms with van der Waals surface area (Å²) < 4.78 is 5.37. The number of aromatic nitrogens is 1. The maximum atomic E-state index is 5.37. The zero-order valence-corrected chi connectivity index (χ0v) is 11.1. The Bertz CT molecular complexity index is 542. The van der Waals surface area contributed by atoms with Crippen molar-refractivity contribution in [2.24, 2.45) is 0 Å². The van der Waals surface area contributed by atoms with Gasteiger partial charge in [0, 0.05) is 24.2 Å². The monoisotopic (exact) mass is 244 g/mol. The summed E-state index contributed by atoms with van der Waals surface area (Å²) in [5, 5.41) is 1.29. The van der Waals surface area contributed by atoms with E-state index in [1.54, 1.807) is 7.11 Å². The molecular weight excluding hydrogens is 224 g/mol. The van der Waals surface area contributed by atoms with Crippen LogP contribution in [0.1, 0.15) is 18.4 Å². The van der Waals surface area contributed by atoms with Crippen molar-refractivity contribution < 1.29 is 4.74 Å². The Balaban J connectivity index is 1.79. The van der Waals surface area contributed by atoms with Gasteiger partial charge in [-0.15, -0.1) is 0 Å². The van der Waals surface area contributed by atoms with Crippen molar-refractivity contribution in [2.75, 3.05) is 20.7 Å². The van der Waals surface area contributed by atoms with Gasteiger partial charge in [0.05, 0.1) is 12.6 Å². The number of nitrogens with one attached hydrogen (secondary N) is 1. The molecule has 0 unspecified atom stereocenters. The Morgan fingerprint density at radius 1 is 1.39 bits per heavy atom. The topological polar surface area (TPSA) is 28.3 Å². The SMILES string of the molecule is COc1cccc2c(CCN(C)C3CC3)c[nH]c12. The van der Waals surface area contributed by atoms with Gasteiger partial charge in [-0.1, -0.05) is 12.1 Å². The number of para-hydroxylation sites is 1. The first kappa shape index (κ1) is 11.6. The summed E-state index contributed by atoms with van der Waals surface area (Å²) >= 11 is 0. The van der Waals surface area contributed by atoms with Crippen LogP contribution in [0.2, 0.25) is 0 Å². The van der Waals surface area contributed by atoms with Crippen LogP contribution in [0.3, 0.4) is 0 Å². The number of fused-ring (bicyclic) bond motifs is 1. The fraction of sp³-hybridized carbons (Fsp3) is 0.467. The number of hydrogen-bond donors (Lipinski definition) is 1. The summed E-state index contributed by atoms with van der Waals surface area (Å²) in [5.74, 6) is 0.925. The van der Waals surface area contributed by atoms with E-state index in [2.05, 4.69) is 35.3 Å². The fourth-order valence-corrected chi connectivity index (χ4v) is 2.56. The number of H-pyrrole nitrogens is 1. The van der Waals surface area contributed by atoms with Gasteiger partial charge < -0.3 is 14.6 Å². The molecule has 3 rings (SSSR count). The first-order valence-electron chi connectivity index (χ1n) is 6.63. The van der Waals surface area contributed by atoms with Gasteiger partial charge in [-0.2, -0.15) is 0 Å². The highest BCUT2D eigenvalue weighted by molar-refractivity contribution is 5.88. The third-order valence-corrected chi connectivity index (χ3v) is 3.89. The molecule has 0 amide bonds. The van der Waals surface area contributed by atoms with Crippen LogP contribution in [-0.4, -0.2) is 36.6 Å². The van der Waals surface area contributed by atoms with Gasteiger partial charge in [0.2, 0.25) is 0 Å². The minimum Gasteiger partial charge on any atom is -0.495 e. The van der Waals surface area contributed by atoms with Crippen LogP contribution in [0.4, 0.5) is 0 Å². The zero-order chi connectivity index (χ0) is 12.5. The van der Waals surface area contributed by atoms with Gasteiger partial charge in [0.1, 0.15) is 5.75 Å². The van der Waals surface area contributed by atoms with Gasteiger partial charge in [0.25, 0.3) is 0 Å². The standard InChI is InChI=1S/C15H20N2O/c1-17(12-6-7-12)9-8-11-10-16-15-13(11)4-3-5-14(15)18-2/h3-5,10,12,16H,6-9H2,1-2H3. The molecular formula is C15H20N2O. The summed E-state index contributed by atoms with van der Waals surface area (Å²) in [4.78, 5) is 5.80. The van der Waals surface area contributed by atoms with Crippen LogP contribution in [0.5, 0.6) is 5.75 Å². The van der Waals surface area contributed by atoms with E-state index in [0.717, 1.165) is 30.3 Å². The Labute approximate surface area is 108 Å². The third kappa shape index (κ3) is 2.10. The van der Waals surface area contributed by atoms with E-state index in [4.69, 9.17) is 4.74 Å². The van der Waals surface area contributed by atoms with E-state index in [1.807, 2.05) is 6.07 Å². The smallest absolute Gasteiger partial charge is 0.142 e. The van der Waals surface area contributed by atoms with Crippen LogP contribution in [-0.2, 0) is 6.42 Å². The second-order valence-corrected chi connectivity index (χ2v) is 5.16. The van der Waals surface area contributed by atoms with E-state index in [0.29, 0.717) is 0 Å². The predicted molar refractivity (Wildman–Crippen MR) is 74.2 cm³/mol. The average Bonchev–Trinajstić information content (AvgIpc) is 3.16. The number of likely N-dealkylation sites (N-methyl/N-ethyl adjacent to an activating group) is 1. The molecule has 96 valence electrons. The van der Waals surface area contributed by atoms with Crippen molar-refractivity contribution in [3.05, 3.63) is 30.0 Å². The summed E-state index contributed by atoms with van der Waals surface area (Å²) in [7, 11) is 3.95. The molecule has 0 radical (unpaired) electrons. The maximum Gasteiger partial charge on any atom is 0.142 e. The first-order valence-corrected chi connectivity index (χ1v) is 6.63. The summed E-state index contributed by atoms with van der Waals surface area (Å²) in [6, 6.07) is 7.06. The van der Waals surface area contributed by atoms with Crippen LogP contribution >= 0.6 is 0 Å². The van der Waals surface area contributed by atoms with E-state index in [1.165, 1.54) is 23.8 Å². The molecule has 0 bridgehead atoms. The molecule has 1 N–H and O–H groups in total. The average molecular weight is 244 g/mol. The minimum atomic E-state index is 0.838. The summed E-state index contributed by atoms with van der Waals surface area (Å²) in [5.41, 5.74) is 2.50. The largest absolute Gasteiger partial charge is 0.495 e. The number of nitrogens with zero attached hydrogens (tertiary/aromatic N) is 1. The van der Waals surface area contributed by atoms with Crippen molar-refractivity contribution in [3.63, 3.8) is 0 Å². The lowest BCUT2D eigenvalue weighted by molar-refractivity contribution is 0.329. The highest BCUT2D eigenvalue weighted by atomic mass is 16.5. The highest BCUT2D eigenvalue weighted by Crippen LogP contribution is 2.28. The lowest BCUT2D eigenvalue weighted by atomic mass is 10.1. The quantitative estimate of drug-likeness (QED) is 0.876. The van der Waals surface area contributed by atoms with Gasteiger partial charge in [0.15, 0.2) is 0 Å². The summed E-state index contributed by atoms with van der Waals surface area (Å²) in [6.07, 6.45) is 5.96. The molecule has 1 aromatic heterocycles. The number of hydrogen-bond acceptors (Lipinski definition) is 2.